The molecule has 168 valence electrons. The van der Waals surface area contributed by atoms with Crippen LogP contribution < -0.4 is 5.73 Å². The van der Waals surface area contributed by atoms with Gasteiger partial charge in [0.25, 0.3) is 0 Å². The molecule has 7 heteroatoms. The SMILES string of the molecule is CC(C)(C)OC(=O)N1[C@@H]([C@@H](O)[C@@H](N)Cc2cc(F)cc(F)c2)CC[C@H]1c1ccccc1. The smallest absolute Gasteiger partial charge is 0.411 e. The molecule has 0 spiro atoms. The summed E-state index contributed by atoms with van der Waals surface area (Å²) in [5, 5.41) is 11.0. The lowest BCUT2D eigenvalue weighted by Crippen LogP contribution is -2.52. The molecule has 0 unspecified atom stereocenters. The van der Waals surface area contributed by atoms with E-state index in [1.807, 2.05) is 30.3 Å². The number of ether oxygens (including phenoxy) is 1. The average molecular weight is 433 g/mol. The lowest BCUT2D eigenvalue weighted by atomic mass is 9.95. The summed E-state index contributed by atoms with van der Waals surface area (Å²) in [5.74, 6) is -1.39. The van der Waals surface area contributed by atoms with Crippen LogP contribution in [-0.2, 0) is 11.2 Å². The Labute approximate surface area is 181 Å². The van der Waals surface area contributed by atoms with E-state index in [0.717, 1.165) is 11.6 Å². The maximum absolute atomic E-state index is 13.5. The first kappa shape index (κ1) is 23.2. The van der Waals surface area contributed by atoms with Gasteiger partial charge in [0.2, 0.25) is 0 Å². The normalized spacial score (nSPS) is 21.1. The third-order valence-corrected chi connectivity index (χ3v) is 5.44. The Morgan fingerprint density at radius 1 is 1.16 bits per heavy atom. The summed E-state index contributed by atoms with van der Waals surface area (Å²) in [7, 11) is 0. The standard InChI is InChI=1S/C24H30F2N2O3/c1-24(2,3)31-23(30)28-20(16-7-5-4-6-8-16)9-10-21(28)22(29)19(27)13-15-11-17(25)14-18(26)12-15/h4-8,11-12,14,19-22,29H,9-10,13,27H2,1-3H3/t19-,20-,21+,22-/m0/s1. The largest absolute Gasteiger partial charge is 0.444 e. The van der Waals surface area contributed by atoms with E-state index in [1.54, 1.807) is 25.7 Å². The lowest BCUT2D eigenvalue weighted by Gasteiger charge is -2.36. The quantitative estimate of drug-likeness (QED) is 0.737. The molecular formula is C24H30F2N2O3. The second kappa shape index (κ2) is 9.32. The molecule has 0 bridgehead atoms. The summed E-state index contributed by atoms with van der Waals surface area (Å²) in [6.07, 6.45) is -0.360. The summed E-state index contributed by atoms with van der Waals surface area (Å²) in [6, 6.07) is 11.1. The minimum absolute atomic E-state index is 0.0739. The predicted octanol–water partition coefficient (Wildman–Crippen LogP) is 4.34. The summed E-state index contributed by atoms with van der Waals surface area (Å²) < 4.78 is 32.7. The Bertz CT molecular complexity index is 881. The number of aliphatic hydroxyl groups is 1. The highest BCUT2D eigenvalue weighted by atomic mass is 19.1. The highest BCUT2D eigenvalue weighted by Gasteiger charge is 2.44. The third-order valence-electron chi connectivity index (χ3n) is 5.44. The van der Waals surface area contributed by atoms with E-state index in [4.69, 9.17) is 10.5 Å². The molecule has 31 heavy (non-hydrogen) atoms. The van der Waals surface area contributed by atoms with Crippen LogP contribution in [-0.4, -0.2) is 39.9 Å². The number of carbonyl (C=O) groups excluding carboxylic acids is 1. The van der Waals surface area contributed by atoms with E-state index >= 15 is 0 Å². The molecule has 5 nitrogen and oxygen atoms in total. The van der Waals surface area contributed by atoms with Gasteiger partial charge < -0.3 is 15.6 Å². The fraction of sp³-hybridized carbons (Fsp3) is 0.458. The Morgan fingerprint density at radius 3 is 2.35 bits per heavy atom. The number of halogens is 2. The molecular weight excluding hydrogens is 402 g/mol. The van der Waals surface area contributed by atoms with Crippen LogP contribution in [0, 0.1) is 11.6 Å². The first-order valence-electron chi connectivity index (χ1n) is 10.5. The summed E-state index contributed by atoms with van der Waals surface area (Å²) in [4.78, 5) is 14.6. The molecule has 1 fully saturated rings. The molecule has 2 aromatic carbocycles. The van der Waals surface area contributed by atoms with Gasteiger partial charge in [0.05, 0.1) is 18.2 Å². The minimum Gasteiger partial charge on any atom is -0.444 e. The van der Waals surface area contributed by atoms with E-state index in [9.17, 15) is 18.7 Å². The van der Waals surface area contributed by atoms with Crippen LogP contribution in [0.1, 0.15) is 50.8 Å². The molecule has 3 rings (SSSR count). The zero-order valence-corrected chi connectivity index (χ0v) is 18.1. The van der Waals surface area contributed by atoms with Crippen LogP contribution in [0.3, 0.4) is 0 Å². The van der Waals surface area contributed by atoms with Crippen molar-refractivity contribution < 1.29 is 23.4 Å². The minimum atomic E-state index is -1.09. The number of rotatable bonds is 5. The van der Waals surface area contributed by atoms with E-state index in [1.165, 1.54) is 12.1 Å². The lowest BCUT2D eigenvalue weighted by molar-refractivity contribution is -0.00885. The van der Waals surface area contributed by atoms with E-state index in [-0.39, 0.29) is 12.5 Å². The number of benzene rings is 2. The number of amides is 1. The number of likely N-dealkylation sites (tertiary alicyclic amines) is 1. The number of aliphatic hydroxyl groups excluding tert-OH is 1. The number of carbonyl (C=O) groups is 1. The maximum Gasteiger partial charge on any atom is 0.411 e. The van der Waals surface area contributed by atoms with Crippen molar-refractivity contribution in [1.82, 2.24) is 4.90 Å². The van der Waals surface area contributed by atoms with Gasteiger partial charge in [-0.25, -0.2) is 13.6 Å². The van der Waals surface area contributed by atoms with Gasteiger partial charge in [-0.3, -0.25) is 4.90 Å². The molecule has 0 aliphatic carbocycles. The van der Waals surface area contributed by atoms with Crippen LogP contribution in [0.5, 0.6) is 0 Å². The van der Waals surface area contributed by atoms with Crippen molar-refractivity contribution in [2.75, 3.05) is 0 Å². The monoisotopic (exact) mass is 432 g/mol. The molecule has 1 aliphatic heterocycles. The van der Waals surface area contributed by atoms with Crippen LogP contribution in [0.25, 0.3) is 0 Å². The highest BCUT2D eigenvalue weighted by molar-refractivity contribution is 5.70. The second-order valence-corrected chi connectivity index (χ2v) is 9.10. The van der Waals surface area contributed by atoms with E-state index in [2.05, 4.69) is 0 Å². The molecule has 1 heterocycles. The fourth-order valence-electron chi connectivity index (χ4n) is 4.16. The van der Waals surface area contributed by atoms with Crippen molar-refractivity contribution in [3.8, 4) is 0 Å². The van der Waals surface area contributed by atoms with E-state index < -0.39 is 41.5 Å². The number of nitrogens with zero attached hydrogens (tertiary/aromatic N) is 1. The van der Waals surface area contributed by atoms with Crippen LogP contribution in [0.4, 0.5) is 13.6 Å². The van der Waals surface area contributed by atoms with Crippen LogP contribution in [0.2, 0.25) is 0 Å². The van der Waals surface area contributed by atoms with Crippen molar-refractivity contribution in [3.05, 3.63) is 71.3 Å². The van der Waals surface area contributed by atoms with Gasteiger partial charge in [0, 0.05) is 12.1 Å². The summed E-state index contributed by atoms with van der Waals surface area (Å²) in [6.45, 7) is 5.36. The third kappa shape index (κ3) is 5.80. The molecule has 0 saturated carbocycles. The zero-order valence-electron chi connectivity index (χ0n) is 18.1. The Hall–Kier alpha value is -2.51. The van der Waals surface area contributed by atoms with Gasteiger partial charge in [0.1, 0.15) is 17.2 Å². The van der Waals surface area contributed by atoms with Gasteiger partial charge in [-0.15, -0.1) is 0 Å². The summed E-state index contributed by atoms with van der Waals surface area (Å²) in [5.41, 5.74) is 6.83. The number of hydrogen-bond acceptors (Lipinski definition) is 4. The zero-order chi connectivity index (χ0) is 22.8. The van der Waals surface area contributed by atoms with E-state index in [0.29, 0.717) is 18.4 Å². The molecule has 0 radical (unpaired) electrons. The van der Waals surface area contributed by atoms with Gasteiger partial charge >= 0.3 is 6.09 Å². The Balaban J connectivity index is 1.83. The van der Waals surface area contributed by atoms with Crippen molar-refractivity contribution in [2.45, 2.75) is 69.9 Å². The molecule has 4 atom stereocenters. The maximum atomic E-state index is 13.5. The first-order chi connectivity index (χ1) is 14.5. The van der Waals surface area contributed by atoms with Gasteiger partial charge in [-0.2, -0.15) is 0 Å². The molecule has 1 saturated heterocycles. The molecule has 2 aromatic rings. The predicted molar refractivity (Wildman–Crippen MR) is 114 cm³/mol. The second-order valence-electron chi connectivity index (χ2n) is 9.10. The topological polar surface area (TPSA) is 75.8 Å². The van der Waals surface area contributed by atoms with Crippen molar-refractivity contribution in [3.63, 3.8) is 0 Å². The number of hydrogen-bond donors (Lipinski definition) is 2. The van der Waals surface area contributed by atoms with Gasteiger partial charge in [0.15, 0.2) is 0 Å². The molecule has 3 N–H and O–H groups in total. The Morgan fingerprint density at radius 2 is 1.77 bits per heavy atom. The average Bonchev–Trinajstić information content (AvgIpc) is 3.11. The number of nitrogens with two attached hydrogens (primary N) is 1. The first-order valence-corrected chi connectivity index (χ1v) is 10.5. The van der Waals surface area contributed by atoms with Gasteiger partial charge in [-0.05, 0) is 63.3 Å². The van der Waals surface area contributed by atoms with Crippen molar-refractivity contribution >= 4 is 6.09 Å². The molecule has 1 aliphatic rings. The summed E-state index contributed by atoms with van der Waals surface area (Å²) >= 11 is 0. The van der Waals surface area contributed by atoms with Crippen molar-refractivity contribution in [2.24, 2.45) is 5.73 Å². The molecule has 0 aromatic heterocycles. The fourth-order valence-corrected chi connectivity index (χ4v) is 4.16. The van der Waals surface area contributed by atoms with Crippen molar-refractivity contribution in [1.29, 1.82) is 0 Å². The highest BCUT2D eigenvalue weighted by Crippen LogP contribution is 2.39. The van der Waals surface area contributed by atoms with Crippen LogP contribution in [0.15, 0.2) is 48.5 Å². The van der Waals surface area contributed by atoms with Gasteiger partial charge in [-0.1, -0.05) is 30.3 Å². The van der Waals surface area contributed by atoms with Crippen LogP contribution >= 0.6 is 0 Å². The Kier molecular flexibility index (Phi) is 6.96. The molecule has 1 amide bonds.